The maximum Gasteiger partial charge on any atom is -0.0128 e. The number of hydrogen-bond donors (Lipinski definition) is 0. The maximum atomic E-state index is 2.79. The van der Waals surface area contributed by atoms with Gasteiger partial charge in [0.25, 0.3) is 0 Å². The molecule has 1 unspecified atom stereocenters. The molecule has 88 valence electrons. The molecule has 0 aromatic heterocycles. The fourth-order valence-corrected chi connectivity index (χ4v) is 3.10. The predicted octanol–water partition coefficient (Wildman–Crippen LogP) is 4.75. The van der Waals surface area contributed by atoms with Gasteiger partial charge >= 0.3 is 0 Å². The molecule has 0 aliphatic heterocycles. The molecule has 0 bridgehead atoms. The number of hydrogen-bond acceptors (Lipinski definition) is 0. The highest BCUT2D eigenvalue weighted by atomic mass is 31.0. The van der Waals surface area contributed by atoms with Crippen molar-refractivity contribution in [2.45, 2.75) is 51.1 Å². The van der Waals surface area contributed by atoms with Crippen molar-refractivity contribution in [3.8, 4) is 0 Å². The molecule has 1 aromatic rings. The van der Waals surface area contributed by atoms with Gasteiger partial charge in [-0.2, -0.15) is 0 Å². The second-order valence-corrected chi connectivity index (χ2v) is 5.48. The monoisotopic (exact) mass is 234 g/mol. The highest BCUT2D eigenvalue weighted by Gasteiger charge is 2.20. The molecular formula is C15H23P. The molecule has 1 saturated carbocycles. The van der Waals surface area contributed by atoms with E-state index in [0.717, 1.165) is 18.0 Å². The Balaban J connectivity index is 1.97. The van der Waals surface area contributed by atoms with Gasteiger partial charge in [-0.15, -0.1) is 9.24 Å². The summed E-state index contributed by atoms with van der Waals surface area (Å²) in [5.74, 6) is 1.84. The molecule has 0 heterocycles. The molecular weight excluding hydrogens is 211 g/mol. The normalized spacial score (nSPS) is 25.6. The summed E-state index contributed by atoms with van der Waals surface area (Å²) in [5, 5.41) is 0. The molecule has 1 fully saturated rings. The molecule has 1 heteroatoms. The Hall–Kier alpha value is -0.350. The van der Waals surface area contributed by atoms with Crippen LogP contribution in [0.4, 0.5) is 0 Å². The summed E-state index contributed by atoms with van der Waals surface area (Å²) in [6, 6.07) is 9.26. The van der Waals surface area contributed by atoms with Crippen molar-refractivity contribution in [3.63, 3.8) is 0 Å². The van der Waals surface area contributed by atoms with Crippen molar-refractivity contribution in [3.05, 3.63) is 35.4 Å². The van der Waals surface area contributed by atoms with Crippen LogP contribution in [0.5, 0.6) is 0 Å². The van der Waals surface area contributed by atoms with Gasteiger partial charge in [0, 0.05) is 0 Å². The third-order valence-corrected chi connectivity index (χ3v) is 4.58. The first-order valence-electron chi connectivity index (χ1n) is 6.62. The lowest BCUT2D eigenvalue weighted by molar-refractivity contribution is 0.319. The molecule has 1 atom stereocenters. The van der Waals surface area contributed by atoms with Crippen LogP contribution in [-0.2, 0) is 6.16 Å². The maximum absolute atomic E-state index is 2.79. The average Bonchev–Trinajstić information content (AvgIpc) is 2.39. The standard InChI is InChI=1S/C15H23P/c1-2-12-3-7-14(8-4-12)15-9-5-13(11-16)6-10-15/h5-6,9-10,12,14H,2-4,7-8,11,16H2,1H3. The minimum atomic E-state index is 0.835. The molecule has 2 rings (SSSR count). The van der Waals surface area contributed by atoms with Gasteiger partial charge in [0.15, 0.2) is 0 Å². The van der Waals surface area contributed by atoms with Gasteiger partial charge < -0.3 is 0 Å². The van der Waals surface area contributed by atoms with E-state index in [1.54, 1.807) is 5.56 Å². The number of benzene rings is 1. The summed E-state index contributed by atoms with van der Waals surface area (Å²) in [5.41, 5.74) is 2.99. The largest absolute Gasteiger partial charge is 0.133 e. The molecule has 0 N–H and O–H groups in total. The Morgan fingerprint density at radius 1 is 1.06 bits per heavy atom. The molecule has 0 amide bonds. The first-order chi connectivity index (χ1) is 7.83. The van der Waals surface area contributed by atoms with E-state index in [-0.39, 0.29) is 0 Å². The quantitative estimate of drug-likeness (QED) is 0.662. The van der Waals surface area contributed by atoms with E-state index in [4.69, 9.17) is 0 Å². The molecule has 1 aromatic carbocycles. The van der Waals surface area contributed by atoms with Crippen molar-refractivity contribution >= 4 is 9.24 Å². The summed E-state index contributed by atoms with van der Waals surface area (Å²) in [7, 11) is 2.79. The van der Waals surface area contributed by atoms with E-state index in [0.29, 0.717) is 0 Å². The van der Waals surface area contributed by atoms with Crippen molar-refractivity contribution in [2.24, 2.45) is 5.92 Å². The number of rotatable bonds is 3. The van der Waals surface area contributed by atoms with Crippen molar-refractivity contribution in [1.82, 2.24) is 0 Å². The Bertz CT molecular complexity index is 307. The van der Waals surface area contributed by atoms with Crippen LogP contribution in [0.15, 0.2) is 24.3 Å². The Kier molecular flexibility index (Phi) is 4.41. The second-order valence-electron chi connectivity index (χ2n) is 5.07. The smallest absolute Gasteiger partial charge is 0.0128 e. The van der Waals surface area contributed by atoms with Crippen LogP contribution >= 0.6 is 9.24 Å². The van der Waals surface area contributed by atoms with E-state index in [2.05, 4.69) is 40.4 Å². The molecule has 16 heavy (non-hydrogen) atoms. The van der Waals surface area contributed by atoms with Crippen LogP contribution < -0.4 is 0 Å². The third kappa shape index (κ3) is 2.86. The van der Waals surface area contributed by atoms with Crippen LogP contribution in [0.3, 0.4) is 0 Å². The summed E-state index contributed by atoms with van der Waals surface area (Å²) in [4.78, 5) is 0. The van der Waals surface area contributed by atoms with Crippen LogP contribution in [0, 0.1) is 5.92 Å². The third-order valence-electron chi connectivity index (χ3n) is 4.11. The van der Waals surface area contributed by atoms with Crippen LogP contribution in [-0.4, -0.2) is 0 Å². The average molecular weight is 234 g/mol. The van der Waals surface area contributed by atoms with E-state index in [9.17, 15) is 0 Å². The molecule has 1 aliphatic carbocycles. The highest BCUT2D eigenvalue weighted by Crippen LogP contribution is 2.36. The fourth-order valence-electron chi connectivity index (χ4n) is 2.83. The van der Waals surface area contributed by atoms with Gasteiger partial charge in [-0.1, -0.05) is 37.6 Å². The summed E-state index contributed by atoms with van der Waals surface area (Å²) in [6.07, 6.45) is 8.12. The van der Waals surface area contributed by atoms with Gasteiger partial charge in [0.1, 0.15) is 0 Å². The van der Waals surface area contributed by atoms with Crippen LogP contribution in [0.2, 0.25) is 0 Å². The van der Waals surface area contributed by atoms with E-state index >= 15 is 0 Å². The van der Waals surface area contributed by atoms with Gasteiger partial charge in [-0.3, -0.25) is 0 Å². The topological polar surface area (TPSA) is 0 Å². The molecule has 0 nitrogen and oxygen atoms in total. The Labute approximate surface area is 102 Å². The van der Waals surface area contributed by atoms with E-state index < -0.39 is 0 Å². The molecule has 0 spiro atoms. The zero-order valence-corrected chi connectivity index (χ0v) is 11.4. The Morgan fingerprint density at radius 3 is 2.19 bits per heavy atom. The van der Waals surface area contributed by atoms with Crippen molar-refractivity contribution in [2.75, 3.05) is 0 Å². The lowest BCUT2D eigenvalue weighted by Crippen LogP contribution is -2.12. The van der Waals surface area contributed by atoms with Gasteiger partial charge in [-0.25, -0.2) is 0 Å². The first-order valence-corrected chi connectivity index (χ1v) is 7.44. The van der Waals surface area contributed by atoms with Crippen molar-refractivity contribution in [1.29, 1.82) is 0 Å². The molecule has 0 saturated heterocycles. The fraction of sp³-hybridized carbons (Fsp3) is 0.600. The zero-order chi connectivity index (χ0) is 11.4. The molecule has 1 aliphatic rings. The zero-order valence-electron chi connectivity index (χ0n) is 10.3. The SMILES string of the molecule is CCC1CCC(c2ccc(CP)cc2)CC1. The predicted molar refractivity (Wildman–Crippen MR) is 74.8 cm³/mol. The van der Waals surface area contributed by atoms with Crippen molar-refractivity contribution < 1.29 is 0 Å². The van der Waals surface area contributed by atoms with Crippen LogP contribution in [0.1, 0.15) is 56.1 Å². The van der Waals surface area contributed by atoms with Gasteiger partial charge in [0.05, 0.1) is 0 Å². The van der Waals surface area contributed by atoms with Gasteiger partial charge in [-0.05, 0) is 54.8 Å². The van der Waals surface area contributed by atoms with E-state index in [1.807, 2.05) is 0 Å². The van der Waals surface area contributed by atoms with Gasteiger partial charge in [0.2, 0.25) is 0 Å². The minimum Gasteiger partial charge on any atom is -0.133 e. The lowest BCUT2D eigenvalue weighted by Gasteiger charge is -2.28. The Morgan fingerprint density at radius 2 is 1.69 bits per heavy atom. The van der Waals surface area contributed by atoms with E-state index in [1.165, 1.54) is 37.7 Å². The highest BCUT2D eigenvalue weighted by molar-refractivity contribution is 7.15. The summed E-state index contributed by atoms with van der Waals surface area (Å²) in [6.45, 7) is 2.33. The summed E-state index contributed by atoms with van der Waals surface area (Å²) >= 11 is 0. The lowest BCUT2D eigenvalue weighted by atomic mass is 9.78. The second kappa shape index (κ2) is 5.82. The molecule has 0 radical (unpaired) electrons. The minimum absolute atomic E-state index is 0.835. The summed E-state index contributed by atoms with van der Waals surface area (Å²) < 4.78 is 0. The van der Waals surface area contributed by atoms with Crippen LogP contribution in [0.25, 0.3) is 0 Å². The first kappa shape index (κ1) is 12.1.